The molecule has 0 aliphatic carbocycles. The Bertz CT molecular complexity index is 103. The van der Waals surface area contributed by atoms with Crippen LogP contribution in [0, 0.1) is 0 Å². The van der Waals surface area contributed by atoms with Gasteiger partial charge in [0.1, 0.15) is 0 Å². The molecule has 10 heavy (non-hydrogen) atoms. The average Bonchev–Trinajstić information content (AvgIpc) is 1.88. The highest BCUT2D eigenvalue weighted by atomic mass is 35.5. The second-order valence-corrected chi connectivity index (χ2v) is 1.93. The van der Waals surface area contributed by atoms with Crippen LogP contribution in [0.5, 0.6) is 0 Å². The second kappa shape index (κ2) is 2.94. The van der Waals surface area contributed by atoms with Crippen LogP contribution in [0.25, 0.3) is 0 Å². The maximum Gasteiger partial charge on any atom is 0.430 e. The lowest BCUT2D eigenvalue weighted by Gasteiger charge is -2.23. The van der Waals surface area contributed by atoms with Crippen molar-refractivity contribution in [1.82, 2.24) is 0 Å². The van der Waals surface area contributed by atoms with Crippen molar-refractivity contribution in [1.29, 1.82) is 0 Å². The molecular formula is C4H6ClF3O2. The molecule has 0 aliphatic rings. The first-order chi connectivity index (χ1) is 4.37. The first-order valence-corrected chi connectivity index (χ1v) is 2.61. The molecule has 0 bridgehead atoms. The van der Waals surface area contributed by atoms with E-state index in [1.807, 2.05) is 0 Å². The lowest BCUT2D eigenvalue weighted by Crippen LogP contribution is -2.42. The molecule has 0 N–H and O–H groups in total. The van der Waals surface area contributed by atoms with Crippen molar-refractivity contribution >= 4 is 11.6 Å². The number of ether oxygens (including phenoxy) is 2. The molecule has 0 heterocycles. The van der Waals surface area contributed by atoms with Gasteiger partial charge in [0.15, 0.2) is 0 Å². The quantitative estimate of drug-likeness (QED) is 0.613. The van der Waals surface area contributed by atoms with E-state index < -0.39 is 11.4 Å². The molecule has 0 spiro atoms. The monoisotopic (exact) mass is 178 g/mol. The minimum absolute atomic E-state index is 0.621. The summed E-state index contributed by atoms with van der Waals surface area (Å²) in [7, 11) is 1.33. The molecule has 0 amide bonds. The van der Waals surface area contributed by atoms with Crippen LogP contribution >= 0.6 is 11.6 Å². The molecule has 0 saturated heterocycles. The highest BCUT2D eigenvalue weighted by Crippen LogP contribution is 2.36. The molecule has 6 heteroatoms. The van der Waals surface area contributed by atoms with Crippen LogP contribution in [0.15, 0.2) is 0 Å². The maximum absolute atomic E-state index is 12.3. The predicted molar refractivity (Wildman–Crippen MR) is 28.7 cm³/mol. The van der Waals surface area contributed by atoms with E-state index in [0.717, 1.165) is 0 Å². The number of alkyl halides is 4. The minimum atomic E-state index is -4.14. The standard InChI is InChI=1S/C4H6ClF3O2/c1-9-3(5,6)4(7,8)10-2/h1-2H3. The number of halogens is 4. The van der Waals surface area contributed by atoms with Crippen LogP contribution in [0.4, 0.5) is 13.2 Å². The largest absolute Gasteiger partial charge is 0.430 e. The second-order valence-electron chi connectivity index (χ2n) is 1.44. The number of rotatable bonds is 3. The van der Waals surface area contributed by atoms with E-state index in [0.29, 0.717) is 14.2 Å². The third-order valence-electron chi connectivity index (χ3n) is 0.852. The van der Waals surface area contributed by atoms with Gasteiger partial charge >= 0.3 is 11.4 Å². The third-order valence-corrected chi connectivity index (χ3v) is 1.23. The Balaban J connectivity index is 4.28. The number of methoxy groups -OCH3 is 2. The van der Waals surface area contributed by atoms with Gasteiger partial charge in [-0.3, -0.25) is 0 Å². The zero-order valence-corrected chi connectivity index (χ0v) is 6.08. The van der Waals surface area contributed by atoms with Crippen LogP contribution in [-0.2, 0) is 9.47 Å². The van der Waals surface area contributed by atoms with Gasteiger partial charge in [-0.2, -0.15) is 13.2 Å². The molecule has 0 aliphatic heterocycles. The van der Waals surface area contributed by atoms with Crippen molar-refractivity contribution in [3.05, 3.63) is 0 Å². The van der Waals surface area contributed by atoms with E-state index in [-0.39, 0.29) is 0 Å². The average molecular weight is 179 g/mol. The van der Waals surface area contributed by atoms with Gasteiger partial charge in [-0.05, 0) is 11.6 Å². The zero-order chi connectivity index (χ0) is 8.41. The van der Waals surface area contributed by atoms with E-state index >= 15 is 0 Å². The SMILES string of the molecule is COC(F)(F)C(F)(Cl)OC. The van der Waals surface area contributed by atoms with Gasteiger partial charge in [0.25, 0.3) is 0 Å². The smallest absolute Gasteiger partial charge is 0.330 e. The summed E-state index contributed by atoms with van der Waals surface area (Å²) in [4.78, 5) is 0. The van der Waals surface area contributed by atoms with Crippen molar-refractivity contribution in [2.45, 2.75) is 11.4 Å². The van der Waals surface area contributed by atoms with E-state index in [4.69, 9.17) is 0 Å². The first-order valence-electron chi connectivity index (χ1n) is 2.23. The predicted octanol–water partition coefficient (Wildman–Crippen LogP) is 1.73. The van der Waals surface area contributed by atoms with Crippen LogP contribution in [0.2, 0.25) is 0 Å². The molecule has 0 aromatic heterocycles. The molecule has 0 saturated carbocycles. The summed E-state index contributed by atoms with van der Waals surface area (Å²) in [5.74, 6) is 0. The molecule has 2 nitrogen and oxygen atoms in total. The summed E-state index contributed by atoms with van der Waals surface area (Å²) in [6.45, 7) is 0. The molecule has 0 aromatic carbocycles. The third kappa shape index (κ3) is 1.74. The molecule has 1 atom stereocenters. The van der Waals surface area contributed by atoms with Gasteiger partial charge in [-0.1, -0.05) is 0 Å². The Morgan fingerprint density at radius 3 is 1.60 bits per heavy atom. The van der Waals surface area contributed by atoms with E-state index in [9.17, 15) is 13.2 Å². The van der Waals surface area contributed by atoms with Crippen molar-refractivity contribution in [2.24, 2.45) is 0 Å². The van der Waals surface area contributed by atoms with E-state index in [2.05, 4.69) is 21.1 Å². The van der Waals surface area contributed by atoms with Crippen LogP contribution in [-0.4, -0.2) is 25.6 Å². The fourth-order valence-corrected chi connectivity index (χ4v) is 0.315. The van der Waals surface area contributed by atoms with Gasteiger partial charge in [0.2, 0.25) is 0 Å². The maximum atomic E-state index is 12.3. The van der Waals surface area contributed by atoms with Gasteiger partial charge in [0.05, 0.1) is 0 Å². The Hall–Kier alpha value is -0.0000000000000000208. The van der Waals surface area contributed by atoms with E-state index in [1.54, 1.807) is 0 Å². The van der Waals surface area contributed by atoms with Crippen molar-refractivity contribution in [3.63, 3.8) is 0 Å². The molecule has 62 valence electrons. The molecule has 0 radical (unpaired) electrons. The molecule has 0 aromatic rings. The van der Waals surface area contributed by atoms with Crippen molar-refractivity contribution in [3.8, 4) is 0 Å². The molecule has 0 rings (SSSR count). The fourth-order valence-electron chi connectivity index (χ4n) is 0.238. The lowest BCUT2D eigenvalue weighted by atomic mass is 10.6. The van der Waals surface area contributed by atoms with Crippen molar-refractivity contribution < 1.29 is 22.6 Å². The summed E-state index contributed by atoms with van der Waals surface area (Å²) in [5, 5.41) is -3.60. The molecule has 0 fully saturated rings. The molecular weight excluding hydrogens is 172 g/mol. The fraction of sp³-hybridized carbons (Fsp3) is 1.00. The highest BCUT2D eigenvalue weighted by molar-refractivity contribution is 6.22. The van der Waals surface area contributed by atoms with Crippen molar-refractivity contribution in [2.75, 3.05) is 14.2 Å². The summed E-state index contributed by atoms with van der Waals surface area (Å²) < 4.78 is 43.5. The van der Waals surface area contributed by atoms with Gasteiger partial charge in [0, 0.05) is 14.2 Å². The van der Waals surface area contributed by atoms with Crippen LogP contribution in [0.3, 0.4) is 0 Å². The lowest BCUT2D eigenvalue weighted by molar-refractivity contribution is -0.334. The Morgan fingerprint density at radius 2 is 1.50 bits per heavy atom. The van der Waals surface area contributed by atoms with E-state index in [1.165, 1.54) is 0 Å². The minimum Gasteiger partial charge on any atom is -0.330 e. The summed E-state index contributed by atoms with van der Waals surface area (Å²) in [6, 6.07) is 0. The normalized spacial score (nSPS) is 18.6. The Kier molecular flexibility index (Phi) is 2.94. The van der Waals surface area contributed by atoms with Crippen LogP contribution in [0.1, 0.15) is 0 Å². The number of hydrogen-bond donors (Lipinski definition) is 0. The molecule has 1 unspecified atom stereocenters. The first kappa shape index (κ1) is 10.0. The van der Waals surface area contributed by atoms with Gasteiger partial charge in [-0.15, -0.1) is 0 Å². The highest BCUT2D eigenvalue weighted by Gasteiger charge is 2.56. The van der Waals surface area contributed by atoms with Gasteiger partial charge < -0.3 is 9.47 Å². The Morgan fingerprint density at radius 1 is 1.10 bits per heavy atom. The Labute approximate surface area is 60.9 Å². The summed E-state index contributed by atoms with van der Waals surface area (Å²) >= 11 is 4.55. The number of hydrogen-bond acceptors (Lipinski definition) is 2. The van der Waals surface area contributed by atoms with Crippen LogP contribution < -0.4 is 0 Å². The zero-order valence-electron chi connectivity index (χ0n) is 5.33. The van der Waals surface area contributed by atoms with Gasteiger partial charge in [-0.25, -0.2) is 0 Å². The summed E-state index contributed by atoms with van der Waals surface area (Å²) in [5.41, 5.74) is 0. The topological polar surface area (TPSA) is 18.5 Å². The summed E-state index contributed by atoms with van der Waals surface area (Å²) in [6.07, 6.45) is -4.14.